The molecule has 0 fully saturated rings. The third-order valence-electron chi connectivity index (χ3n) is 0.987. The maximum Gasteiger partial charge on any atom is 0.350 e. The summed E-state index contributed by atoms with van der Waals surface area (Å²) < 4.78 is 46.7. The van der Waals surface area contributed by atoms with Crippen molar-refractivity contribution in [3.63, 3.8) is 0 Å². The molecule has 0 aliphatic carbocycles. The Morgan fingerprint density at radius 1 is 1.50 bits per heavy atom. The van der Waals surface area contributed by atoms with Crippen LogP contribution in [0.2, 0.25) is 0 Å². The van der Waals surface area contributed by atoms with Gasteiger partial charge in [0.05, 0.1) is 0 Å². The molecule has 74 valence electrons. The van der Waals surface area contributed by atoms with Gasteiger partial charge in [-0.05, 0) is 13.8 Å². The molecule has 0 aromatic rings. The van der Waals surface area contributed by atoms with Crippen molar-refractivity contribution in [2.75, 3.05) is 5.33 Å². The Kier molecular flexibility index (Phi) is 4.05. The van der Waals surface area contributed by atoms with Gasteiger partial charge in [-0.25, -0.2) is 13.1 Å². The summed E-state index contributed by atoms with van der Waals surface area (Å²) in [6.45, 7) is 3.00. The van der Waals surface area contributed by atoms with E-state index in [1.165, 1.54) is 13.8 Å². The molecule has 0 unspecified atom stereocenters. The van der Waals surface area contributed by atoms with Gasteiger partial charge in [0, 0.05) is 10.9 Å². The summed E-state index contributed by atoms with van der Waals surface area (Å²) in [4.78, 5) is 0. The summed E-state index contributed by atoms with van der Waals surface area (Å²) >= 11 is 3.00. The lowest BCUT2D eigenvalue weighted by molar-refractivity contribution is 0.230. The van der Waals surface area contributed by atoms with Gasteiger partial charge in [0.2, 0.25) is 0 Å². The van der Waals surface area contributed by atoms with Crippen molar-refractivity contribution in [3.8, 4) is 0 Å². The number of halogens is 3. The molecular weight excluding hydrogens is 256 g/mol. The SMILES string of the molecule is CC(C)(CBr)NS(=O)(=O)C(F)F. The predicted octanol–water partition coefficient (Wildman–Crippen LogP) is 1.30. The minimum absolute atomic E-state index is 0.270. The Morgan fingerprint density at radius 3 is 2.17 bits per heavy atom. The highest BCUT2D eigenvalue weighted by Crippen LogP contribution is 2.11. The minimum atomic E-state index is -4.48. The van der Waals surface area contributed by atoms with Gasteiger partial charge < -0.3 is 0 Å². The molecule has 0 heterocycles. The fourth-order valence-electron chi connectivity index (χ4n) is 0.457. The van der Waals surface area contributed by atoms with Gasteiger partial charge in [0.1, 0.15) is 0 Å². The monoisotopic (exact) mass is 265 g/mol. The van der Waals surface area contributed by atoms with Gasteiger partial charge in [-0.2, -0.15) is 8.78 Å². The van der Waals surface area contributed by atoms with Crippen LogP contribution in [0, 0.1) is 0 Å². The van der Waals surface area contributed by atoms with E-state index in [1.54, 1.807) is 0 Å². The molecule has 0 saturated heterocycles. The lowest BCUT2D eigenvalue weighted by Crippen LogP contribution is -2.46. The van der Waals surface area contributed by atoms with Gasteiger partial charge in [-0.1, -0.05) is 15.9 Å². The molecule has 1 N–H and O–H groups in total. The molecule has 0 aliphatic heterocycles. The number of alkyl halides is 3. The number of hydrogen-bond donors (Lipinski definition) is 1. The van der Waals surface area contributed by atoms with E-state index in [1.807, 2.05) is 4.72 Å². The Hall–Kier alpha value is 0.250. The van der Waals surface area contributed by atoms with Crippen LogP contribution in [0.25, 0.3) is 0 Å². The second-order valence-corrected chi connectivity index (χ2v) is 5.14. The molecule has 0 radical (unpaired) electrons. The third-order valence-corrected chi connectivity index (χ3v) is 3.70. The summed E-state index contributed by atoms with van der Waals surface area (Å²) in [6.07, 6.45) is 0. The Balaban J connectivity index is 4.47. The topological polar surface area (TPSA) is 46.2 Å². The van der Waals surface area contributed by atoms with Crippen molar-refractivity contribution < 1.29 is 17.2 Å². The van der Waals surface area contributed by atoms with E-state index in [2.05, 4.69) is 15.9 Å². The molecule has 0 saturated carbocycles. The first-order valence-corrected chi connectivity index (χ1v) is 5.75. The first-order valence-electron chi connectivity index (χ1n) is 3.08. The first-order chi connectivity index (χ1) is 5.21. The van der Waals surface area contributed by atoms with Crippen LogP contribution in [0.3, 0.4) is 0 Å². The van der Waals surface area contributed by atoms with E-state index in [0.717, 1.165) is 0 Å². The second kappa shape index (κ2) is 3.97. The summed E-state index contributed by atoms with van der Waals surface area (Å²) in [6, 6.07) is 0. The third kappa shape index (κ3) is 3.77. The average molecular weight is 266 g/mol. The second-order valence-electron chi connectivity index (χ2n) is 2.93. The standard InChI is InChI=1S/C5H10BrF2NO2S/c1-5(2,3-6)9-12(10,11)4(7)8/h4,9H,3H2,1-2H3. The van der Waals surface area contributed by atoms with Gasteiger partial charge >= 0.3 is 5.76 Å². The Bertz CT molecular complexity index is 240. The average Bonchev–Trinajstić information content (AvgIpc) is 1.85. The van der Waals surface area contributed by atoms with E-state index in [9.17, 15) is 17.2 Å². The largest absolute Gasteiger partial charge is 0.350 e. The summed E-state index contributed by atoms with van der Waals surface area (Å²) in [5, 5.41) is 0.270. The Morgan fingerprint density at radius 2 is 1.92 bits per heavy atom. The number of hydrogen-bond acceptors (Lipinski definition) is 2. The fourth-order valence-corrected chi connectivity index (χ4v) is 1.71. The van der Waals surface area contributed by atoms with Crippen LogP contribution in [-0.4, -0.2) is 25.0 Å². The normalized spacial score (nSPS) is 13.8. The van der Waals surface area contributed by atoms with E-state index in [0.29, 0.717) is 0 Å². The molecule has 0 aliphatic rings. The van der Waals surface area contributed by atoms with Crippen molar-refractivity contribution in [2.24, 2.45) is 0 Å². The maximum absolute atomic E-state index is 11.8. The maximum atomic E-state index is 11.8. The van der Waals surface area contributed by atoms with Crippen molar-refractivity contribution in [2.45, 2.75) is 25.1 Å². The molecular formula is C5H10BrF2NO2S. The zero-order valence-corrected chi connectivity index (χ0v) is 9.05. The molecule has 0 rings (SSSR count). The lowest BCUT2D eigenvalue weighted by Gasteiger charge is -2.22. The molecule has 0 aromatic carbocycles. The highest BCUT2D eigenvalue weighted by Gasteiger charge is 2.30. The van der Waals surface area contributed by atoms with Crippen molar-refractivity contribution in [1.82, 2.24) is 4.72 Å². The zero-order chi connectivity index (χ0) is 9.99. The predicted molar refractivity (Wildman–Crippen MR) is 45.9 cm³/mol. The van der Waals surface area contributed by atoms with Gasteiger partial charge in [0.15, 0.2) is 0 Å². The number of rotatable bonds is 4. The molecule has 0 atom stereocenters. The number of sulfonamides is 1. The van der Waals surface area contributed by atoms with Crippen LogP contribution < -0.4 is 4.72 Å². The highest BCUT2D eigenvalue weighted by molar-refractivity contribution is 9.09. The van der Waals surface area contributed by atoms with Crippen LogP contribution in [-0.2, 0) is 10.0 Å². The van der Waals surface area contributed by atoms with E-state index < -0.39 is 21.3 Å². The van der Waals surface area contributed by atoms with E-state index in [4.69, 9.17) is 0 Å². The van der Waals surface area contributed by atoms with Crippen LogP contribution >= 0.6 is 15.9 Å². The van der Waals surface area contributed by atoms with Crippen LogP contribution in [0.1, 0.15) is 13.8 Å². The summed E-state index contributed by atoms with van der Waals surface area (Å²) in [5.74, 6) is -3.38. The van der Waals surface area contributed by atoms with Crippen LogP contribution in [0.4, 0.5) is 8.78 Å². The van der Waals surface area contributed by atoms with Crippen molar-refractivity contribution in [3.05, 3.63) is 0 Å². The summed E-state index contributed by atoms with van der Waals surface area (Å²) in [7, 11) is -4.48. The zero-order valence-electron chi connectivity index (χ0n) is 6.64. The van der Waals surface area contributed by atoms with Gasteiger partial charge in [0.25, 0.3) is 10.0 Å². The van der Waals surface area contributed by atoms with E-state index in [-0.39, 0.29) is 5.33 Å². The molecule has 0 amide bonds. The summed E-state index contributed by atoms with van der Waals surface area (Å²) in [5.41, 5.74) is -0.894. The number of nitrogens with one attached hydrogen (secondary N) is 1. The van der Waals surface area contributed by atoms with Gasteiger partial charge in [-0.15, -0.1) is 0 Å². The fraction of sp³-hybridized carbons (Fsp3) is 1.00. The molecule has 12 heavy (non-hydrogen) atoms. The quantitative estimate of drug-likeness (QED) is 0.779. The lowest BCUT2D eigenvalue weighted by atomic mass is 10.1. The van der Waals surface area contributed by atoms with Crippen LogP contribution in [0.5, 0.6) is 0 Å². The van der Waals surface area contributed by atoms with E-state index >= 15 is 0 Å². The molecule has 0 bridgehead atoms. The smallest absolute Gasteiger partial charge is 0.206 e. The molecule has 3 nitrogen and oxygen atoms in total. The van der Waals surface area contributed by atoms with Crippen LogP contribution in [0.15, 0.2) is 0 Å². The molecule has 0 spiro atoms. The molecule has 0 aromatic heterocycles. The first kappa shape index (κ1) is 12.2. The van der Waals surface area contributed by atoms with Gasteiger partial charge in [-0.3, -0.25) is 0 Å². The Labute approximate surface area is 78.7 Å². The highest BCUT2D eigenvalue weighted by atomic mass is 79.9. The van der Waals surface area contributed by atoms with Crippen molar-refractivity contribution in [1.29, 1.82) is 0 Å². The van der Waals surface area contributed by atoms with Crippen molar-refractivity contribution >= 4 is 26.0 Å². The minimum Gasteiger partial charge on any atom is -0.206 e. The molecule has 7 heteroatoms.